The van der Waals surface area contributed by atoms with Crippen molar-refractivity contribution >= 4 is 21.2 Å². The third kappa shape index (κ3) is 3.66. The molecule has 0 amide bonds. The summed E-state index contributed by atoms with van der Waals surface area (Å²) in [5.74, 6) is 0.258. The number of benzene rings is 1. The molecule has 1 heterocycles. The van der Waals surface area contributed by atoms with Crippen molar-refractivity contribution in [3.05, 3.63) is 24.3 Å². The van der Waals surface area contributed by atoms with Gasteiger partial charge in [-0.1, -0.05) is 12.1 Å². The van der Waals surface area contributed by atoms with Gasteiger partial charge in [0.25, 0.3) is 0 Å². The fourth-order valence-electron chi connectivity index (χ4n) is 2.76. The molecule has 0 aromatic heterocycles. The van der Waals surface area contributed by atoms with Crippen LogP contribution in [0.4, 0.5) is 11.4 Å². The quantitative estimate of drug-likeness (QED) is 0.854. The number of sulfone groups is 1. The number of fused-ring (bicyclic) bond motifs is 1. The summed E-state index contributed by atoms with van der Waals surface area (Å²) in [6, 6.07) is 8.81. The molecule has 0 saturated carbocycles. The minimum absolute atomic E-state index is 0.258. The molecule has 0 spiro atoms. The third-order valence-corrected chi connectivity index (χ3v) is 4.96. The van der Waals surface area contributed by atoms with E-state index >= 15 is 0 Å². The summed E-state index contributed by atoms with van der Waals surface area (Å²) >= 11 is 0. The Labute approximate surface area is 122 Å². The summed E-state index contributed by atoms with van der Waals surface area (Å²) in [5.41, 5.74) is 2.45. The number of hydrogen-bond donors (Lipinski definition) is 0. The van der Waals surface area contributed by atoms with Crippen LogP contribution in [0.2, 0.25) is 0 Å². The molecule has 0 radical (unpaired) electrons. The van der Waals surface area contributed by atoms with Gasteiger partial charge in [-0.2, -0.15) is 0 Å². The van der Waals surface area contributed by atoms with Gasteiger partial charge in [0.2, 0.25) is 0 Å². The van der Waals surface area contributed by atoms with E-state index in [1.807, 2.05) is 6.07 Å². The minimum Gasteiger partial charge on any atom is -0.373 e. The van der Waals surface area contributed by atoms with Crippen molar-refractivity contribution in [3.8, 4) is 0 Å². The Morgan fingerprint density at radius 3 is 2.55 bits per heavy atom. The second-order valence-electron chi connectivity index (χ2n) is 5.72. The number of nitrogens with zero attached hydrogens (tertiary/aromatic N) is 2. The second-order valence-corrected chi connectivity index (χ2v) is 7.98. The van der Waals surface area contributed by atoms with Gasteiger partial charge in [0, 0.05) is 32.4 Å². The molecule has 1 atom stereocenters. The van der Waals surface area contributed by atoms with Gasteiger partial charge in [0.15, 0.2) is 0 Å². The largest absolute Gasteiger partial charge is 0.373 e. The van der Waals surface area contributed by atoms with Crippen LogP contribution in [0.3, 0.4) is 0 Å². The first kappa shape index (κ1) is 15.2. The van der Waals surface area contributed by atoms with Gasteiger partial charge in [-0.3, -0.25) is 0 Å². The predicted molar refractivity (Wildman–Crippen MR) is 85.5 cm³/mol. The average Bonchev–Trinajstić information content (AvgIpc) is 2.50. The van der Waals surface area contributed by atoms with Crippen LogP contribution in [0.25, 0.3) is 0 Å². The fraction of sp³-hybridized carbons (Fsp3) is 0.600. The molecule has 0 aliphatic carbocycles. The Balaban J connectivity index is 2.19. The normalized spacial score (nSPS) is 19.6. The molecule has 1 aliphatic heterocycles. The topological polar surface area (TPSA) is 40.6 Å². The van der Waals surface area contributed by atoms with Crippen LogP contribution in [0.5, 0.6) is 0 Å². The maximum atomic E-state index is 11.3. The van der Waals surface area contributed by atoms with Gasteiger partial charge in [-0.25, -0.2) is 8.42 Å². The summed E-state index contributed by atoms with van der Waals surface area (Å²) in [6.07, 6.45) is 3.08. The van der Waals surface area contributed by atoms with E-state index in [1.54, 1.807) is 0 Å². The van der Waals surface area contributed by atoms with E-state index in [0.29, 0.717) is 12.5 Å². The van der Waals surface area contributed by atoms with E-state index in [9.17, 15) is 8.42 Å². The van der Waals surface area contributed by atoms with E-state index in [4.69, 9.17) is 0 Å². The molecule has 1 aromatic carbocycles. The van der Waals surface area contributed by atoms with Gasteiger partial charge < -0.3 is 9.80 Å². The highest BCUT2D eigenvalue weighted by Gasteiger charge is 2.23. The first-order valence-corrected chi connectivity index (χ1v) is 9.19. The zero-order valence-electron chi connectivity index (χ0n) is 12.5. The van der Waals surface area contributed by atoms with Crippen molar-refractivity contribution < 1.29 is 8.42 Å². The van der Waals surface area contributed by atoms with Crippen LogP contribution in [0, 0.1) is 0 Å². The average molecular weight is 296 g/mol. The zero-order valence-corrected chi connectivity index (χ0v) is 13.4. The van der Waals surface area contributed by atoms with Crippen LogP contribution in [-0.4, -0.2) is 46.6 Å². The summed E-state index contributed by atoms with van der Waals surface area (Å²) in [4.78, 5) is 4.63. The smallest absolute Gasteiger partial charge is 0.147 e. The molecule has 20 heavy (non-hydrogen) atoms. The maximum absolute atomic E-state index is 11.3. The molecule has 1 aliphatic rings. The van der Waals surface area contributed by atoms with E-state index < -0.39 is 9.84 Å². The number of rotatable bonds is 4. The molecular weight excluding hydrogens is 272 g/mol. The molecule has 0 N–H and O–H groups in total. The maximum Gasteiger partial charge on any atom is 0.147 e. The SMILES string of the molecule is C[C@@H]1CCN(C)c2ccccc2N1CCCS(C)(=O)=O. The lowest BCUT2D eigenvalue weighted by Crippen LogP contribution is -2.34. The Hall–Kier alpha value is -1.23. The highest BCUT2D eigenvalue weighted by molar-refractivity contribution is 7.90. The monoisotopic (exact) mass is 296 g/mol. The van der Waals surface area contributed by atoms with Crippen molar-refractivity contribution in [3.63, 3.8) is 0 Å². The van der Waals surface area contributed by atoms with Crippen LogP contribution in [0.15, 0.2) is 24.3 Å². The third-order valence-electron chi connectivity index (χ3n) is 3.93. The molecule has 0 unspecified atom stereocenters. The predicted octanol–water partition coefficient (Wildman–Crippen LogP) is 2.16. The Kier molecular flexibility index (Phi) is 4.58. The minimum atomic E-state index is -2.88. The van der Waals surface area contributed by atoms with Gasteiger partial charge in [-0.15, -0.1) is 0 Å². The fourth-order valence-corrected chi connectivity index (χ4v) is 3.42. The molecule has 4 nitrogen and oxygen atoms in total. The zero-order chi connectivity index (χ0) is 14.8. The summed E-state index contributed by atoms with van der Waals surface area (Å²) in [6.45, 7) is 4.04. The summed E-state index contributed by atoms with van der Waals surface area (Å²) in [7, 11) is -0.760. The molecule has 112 valence electrons. The Bertz CT molecular complexity index is 557. The van der Waals surface area contributed by atoms with Gasteiger partial charge in [-0.05, 0) is 31.9 Å². The van der Waals surface area contributed by atoms with Crippen molar-refractivity contribution in [2.45, 2.75) is 25.8 Å². The van der Waals surface area contributed by atoms with Crippen molar-refractivity contribution in [2.75, 3.05) is 41.9 Å². The van der Waals surface area contributed by atoms with Crippen molar-refractivity contribution in [1.29, 1.82) is 0 Å². The molecule has 0 bridgehead atoms. The Morgan fingerprint density at radius 1 is 1.25 bits per heavy atom. The van der Waals surface area contributed by atoms with Crippen LogP contribution < -0.4 is 9.80 Å². The van der Waals surface area contributed by atoms with E-state index in [0.717, 1.165) is 19.5 Å². The van der Waals surface area contributed by atoms with Crippen LogP contribution in [-0.2, 0) is 9.84 Å². The first-order valence-electron chi connectivity index (χ1n) is 7.13. The molecule has 2 rings (SSSR count). The number of anilines is 2. The molecule has 1 aromatic rings. The summed E-state index contributed by atoms with van der Waals surface area (Å²) < 4.78 is 22.6. The van der Waals surface area contributed by atoms with Crippen molar-refractivity contribution in [2.24, 2.45) is 0 Å². The highest BCUT2D eigenvalue weighted by Crippen LogP contribution is 2.33. The molecule has 0 saturated heterocycles. The van der Waals surface area contributed by atoms with Gasteiger partial charge in [0.05, 0.1) is 17.1 Å². The van der Waals surface area contributed by atoms with E-state index in [2.05, 4.69) is 42.0 Å². The Morgan fingerprint density at radius 2 is 1.90 bits per heavy atom. The number of hydrogen-bond acceptors (Lipinski definition) is 4. The van der Waals surface area contributed by atoms with Crippen LogP contribution >= 0.6 is 0 Å². The molecule has 0 fully saturated rings. The van der Waals surface area contributed by atoms with Crippen molar-refractivity contribution in [1.82, 2.24) is 0 Å². The second kappa shape index (κ2) is 6.04. The lowest BCUT2D eigenvalue weighted by Gasteiger charge is -2.30. The standard InChI is InChI=1S/C15H24N2O2S/c1-13-9-11-16(2)14-7-4-5-8-15(14)17(13)10-6-12-20(3,18)19/h4-5,7-8,13H,6,9-12H2,1-3H3/t13-/m1/s1. The number of para-hydroxylation sites is 2. The highest BCUT2D eigenvalue weighted by atomic mass is 32.2. The molecular formula is C15H24N2O2S. The molecule has 5 heteroatoms. The van der Waals surface area contributed by atoms with Gasteiger partial charge in [0.1, 0.15) is 9.84 Å². The van der Waals surface area contributed by atoms with Crippen LogP contribution in [0.1, 0.15) is 19.8 Å². The van der Waals surface area contributed by atoms with Gasteiger partial charge >= 0.3 is 0 Å². The lowest BCUT2D eigenvalue weighted by molar-refractivity contribution is 0.583. The van der Waals surface area contributed by atoms with E-state index in [-0.39, 0.29) is 5.75 Å². The lowest BCUT2D eigenvalue weighted by atomic mass is 10.1. The summed E-state index contributed by atoms with van der Waals surface area (Å²) in [5, 5.41) is 0. The van der Waals surface area contributed by atoms with E-state index in [1.165, 1.54) is 17.6 Å². The first-order chi connectivity index (χ1) is 9.38.